The van der Waals surface area contributed by atoms with Gasteiger partial charge in [-0.2, -0.15) is 5.26 Å². The summed E-state index contributed by atoms with van der Waals surface area (Å²) < 4.78 is 35.0. The summed E-state index contributed by atoms with van der Waals surface area (Å²) in [6.07, 6.45) is 0.854. The Bertz CT molecular complexity index is 1540. The van der Waals surface area contributed by atoms with Crippen LogP contribution in [0.1, 0.15) is 34.0 Å². The molecule has 2 aliphatic heterocycles. The van der Waals surface area contributed by atoms with Crippen molar-refractivity contribution in [2.75, 3.05) is 24.9 Å². The average molecular weight is 505 g/mol. The third-order valence-electron chi connectivity index (χ3n) is 6.77. The quantitative estimate of drug-likeness (QED) is 0.570. The van der Waals surface area contributed by atoms with Gasteiger partial charge in [-0.25, -0.2) is 8.42 Å². The van der Waals surface area contributed by atoms with E-state index < -0.39 is 15.6 Å². The second-order valence-corrected chi connectivity index (χ2v) is 10.7. The van der Waals surface area contributed by atoms with Crippen molar-refractivity contribution in [3.63, 3.8) is 0 Å². The molecule has 2 aromatic carbocycles. The van der Waals surface area contributed by atoms with Crippen LogP contribution >= 0.6 is 0 Å². The number of aromatic nitrogens is 1. The largest absolute Gasteiger partial charge is 0.497 e. The molecule has 2 aliphatic rings. The summed E-state index contributed by atoms with van der Waals surface area (Å²) in [6.45, 7) is 1.38. The van der Waals surface area contributed by atoms with E-state index in [9.17, 15) is 23.3 Å². The van der Waals surface area contributed by atoms with Gasteiger partial charge in [-0.15, -0.1) is 0 Å². The Morgan fingerprint density at radius 2 is 1.81 bits per heavy atom. The first-order valence-electron chi connectivity index (χ1n) is 11.5. The number of likely N-dealkylation sites (tertiary alicyclic amines) is 1. The van der Waals surface area contributed by atoms with Gasteiger partial charge in [0.1, 0.15) is 22.4 Å². The van der Waals surface area contributed by atoms with Crippen LogP contribution in [0.3, 0.4) is 0 Å². The molecule has 1 aromatic heterocycles. The van der Waals surface area contributed by atoms with E-state index in [1.807, 2.05) is 11.0 Å². The summed E-state index contributed by atoms with van der Waals surface area (Å²) in [7, 11) is -2.55. The van der Waals surface area contributed by atoms with E-state index in [1.54, 1.807) is 48.1 Å². The van der Waals surface area contributed by atoms with Crippen LogP contribution < -0.4 is 15.0 Å². The van der Waals surface area contributed by atoms with Crippen molar-refractivity contribution in [3.05, 3.63) is 87.8 Å². The highest BCUT2D eigenvalue weighted by atomic mass is 32.2. The average Bonchev–Trinajstić information content (AvgIpc) is 2.90. The van der Waals surface area contributed by atoms with E-state index in [0.717, 1.165) is 12.1 Å². The Hall–Kier alpha value is -4.10. The van der Waals surface area contributed by atoms with Crippen LogP contribution in [0, 0.1) is 17.2 Å². The zero-order valence-corrected chi connectivity index (χ0v) is 20.4. The molecule has 184 valence electrons. The van der Waals surface area contributed by atoms with Gasteiger partial charge >= 0.3 is 0 Å². The zero-order chi connectivity index (χ0) is 25.4. The van der Waals surface area contributed by atoms with E-state index in [1.165, 1.54) is 24.3 Å². The Balaban J connectivity index is 1.40. The number of sulfonamides is 1. The molecule has 10 heteroatoms. The zero-order valence-electron chi connectivity index (χ0n) is 19.5. The van der Waals surface area contributed by atoms with E-state index in [4.69, 9.17) is 4.74 Å². The van der Waals surface area contributed by atoms with Gasteiger partial charge in [-0.05, 0) is 60.9 Å². The molecule has 2 atom stereocenters. The molecule has 1 saturated heterocycles. The van der Waals surface area contributed by atoms with Gasteiger partial charge in [0.25, 0.3) is 21.5 Å². The van der Waals surface area contributed by atoms with Gasteiger partial charge in [0.15, 0.2) is 0 Å². The third-order valence-corrected chi connectivity index (χ3v) is 8.19. The number of nitriles is 1. The highest BCUT2D eigenvalue weighted by Gasteiger charge is 2.37. The highest BCUT2D eigenvalue weighted by molar-refractivity contribution is 7.92. The summed E-state index contributed by atoms with van der Waals surface area (Å²) in [4.78, 5) is 28.1. The minimum Gasteiger partial charge on any atom is -0.497 e. The number of amides is 1. The number of carbonyl (C=O) groups excluding carboxylic acids is 1. The van der Waals surface area contributed by atoms with Crippen LogP contribution in [0.25, 0.3) is 0 Å². The maximum absolute atomic E-state index is 13.3. The lowest BCUT2D eigenvalue weighted by atomic mass is 9.83. The van der Waals surface area contributed by atoms with E-state index >= 15 is 0 Å². The van der Waals surface area contributed by atoms with E-state index in [0.29, 0.717) is 30.9 Å². The molecule has 0 radical (unpaired) electrons. The Kier molecular flexibility index (Phi) is 6.02. The summed E-state index contributed by atoms with van der Waals surface area (Å²) in [6, 6.07) is 17.9. The van der Waals surface area contributed by atoms with Gasteiger partial charge in [0.2, 0.25) is 0 Å². The number of rotatable bonds is 5. The second kappa shape index (κ2) is 9.17. The van der Waals surface area contributed by atoms with Crippen LogP contribution in [0.4, 0.5) is 5.69 Å². The maximum Gasteiger partial charge on any atom is 0.275 e. The molecule has 0 saturated carbocycles. The van der Waals surface area contributed by atoms with Crippen molar-refractivity contribution in [1.82, 2.24) is 9.47 Å². The normalized spacial score (nSPS) is 18.6. The Labute approximate surface area is 208 Å². The fourth-order valence-electron chi connectivity index (χ4n) is 5.10. The number of ether oxygens (including phenoxy) is 1. The SMILES string of the molecule is COc1ccc(C(=O)N2C[C@H]3C[C@H](C2)c2ccc(NS(=O)(=O)c4ccccc4C#N)c(=O)n2C3)cc1. The standard InChI is InChI=1S/C26H24N4O5S/c1-35-21-8-6-18(7-9-21)25(31)29-14-17-12-20(16-29)23-11-10-22(26(32)30(23)15-17)28-36(33,34)24-5-3-2-4-19(24)13-27/h2-11,17,20,28H,12,14-16H2,1H3/t17-,20-/m1/s1. The molecule has 3 heterocycles. The first kappa shape index (κ1) is 23.6. The van der Waals surface area contributed by atoms with E-state index in [2.05, 4.69) is 4.72 Å². The summed E-state index contributed by atoms with van der Waals surface area (Å²) in [5.41, 5.74) is 0.853. The molecule has 0 aliphatic carbocycles. The van der Waals surface area contributed by atoms with Gasteiger partial charge in [-0.3, -0.25) is 14.3 Å². The summed E-state index contributed by atoms with van der Waals surface area (Å²) >= 11 is 0. The van der Waals surface area contributed by atoms with Crippen LogP contribution in [-0.2, 0) is 16.6 Å². The fraction of sp³-hybridized carbons (Fsp3) is 0.269. The molecule has 1 amide bonds. The summed E-state index contributed by atoms with van der Waals surface area (Å²) in [5.74, 6) is 0.654. The third kappa shape index (κ3) is 4.22. The van der Waals surface area contributed by atoms with Gasteiger partial charge in [0, 0.05) is 36.8 Å². The predicted octanol–water partition coefficient (Wildman–Crippen LogP) is 2.79. The number of benzene rings is 2. The molecule has 1 N–H and O–H groups in total. The molecule has 3 aromatic rings. The molecule has 0 spiro atoms. The molecule has 1 fully saturated rings. The Morgan fingerprint density at radius 3 is 2.53 bits per heavy atom. The topological polar surface area (TPSA) is 122 Å². The number of carbonyl (C=O) groups is 1. The molecule has 0 unspecified atom stereocenters. The number of hydrogen-bond donors (Lipinski definition) is 1. The second-order valence-electron chi connectivity index (χ2n) is 9.04. The molecule has 5 rings (SSSR count). The minimum atomic E-state index is -4.13. The van der Waals surface area contributed by atoms with Crippen LogP contribution in [0.15, 0.2) is 70.4 Å². The van der Waals surface area contributed by atoms with E-state index in [-0.39, 0.29) is 33.9 Å². The minimum absolute atomic E-state index is 0.000729. The predicted molar refractivity (Wildman–Crippen MR) is 132 cm³/mol. The van der Waals surface area contributed by atoms with Crippen LogP contribution in [0.5, 0.6) is 5.75 Å². The van der Waals surface area contributed by atoms with Crippen molar-refractivity contribution >= 4 is 21.6 Å². The number of fused-ring (bicyclic) bond motifs is 4. The number of nitrogens with zero attached hydrogens (tertiary/aromatic N) is 3. The van der Waals surface area contributed by atoms with Crippen LogP contribution in [-0.4, -0.2) is 44.0 Å². The van der Waals surface area contributed by atoms with Crippen molar-refractivity contribution < 1.29 is 17.9 Å². The van der Waals surface area contributed by atoms with Gasteiger partial charge in [-0.1, -0.05) is 12.1 Å². The smallest absolute Gasteiger partial charge is 0.275 e. The van der Waals surface area contributed by atoms with Crippen molar-refractivity contribution in [1.29, 1.82) is 5.26 Å². The number of hydrogen-bond acceptors (Lipinski definition) is 6. The number of methoxy groups -OCH3 is 1. The lowest BCUT2D eigenvalue weighted by Gasteiger charge is -2.43. The van der Waals surface area contributed by atoms with Crippen molar-refractivity contribution in [2.24, 2.45) is 5.92 Å². The van der Waals surface area contributed by atoms with Gasteiger partial charge < -0.3 is 14.2 Å². The molecule has 2 bridgehead atoms. The lowest BCUT2D eigenvalue weighted by molar-refractivity contribution is 0.0594. The van der Waals surface area contributed by atoms with Crippen LogP contribution in [0.2, 0.25) is 0 Å². The number of pyridine rings is 1. The molecular weight excluding hydrogens is 480 g/mol. The number of piperidine rings is 1. The molecule has 9 nitrogen and oxygen atoms in total. The number of nitrogens with one attached hydrogen (secondary N) is 1. The lowest BCUT2D eigenvalue weighted by Crippen LogP contribution is -2.49. The molecular formula is C26H24N4O5S. The number of anilines is 1. The maximum atomic E-state index is 13.3. The van der Waals surface area contributed by atoms with Crippen molar-refractivity contribution in [3.8, 4) is 11.8 Å². The Morgan fingerprint density at radius 1 is 1.06 bits per heavy atom. The molecule has 36 heavy (non-hydrogen) atoms. The van der Waals surface area contributed by atoms with Gasteiger partial charge in [0.05, 0.1) is 12.7 Å². The monoisotopic (exact) mass is 504 g/mol. The first-order chi connectivity index (χ1) is 17.3. The first-order valence-corrected chi connectivity index (χ1v) is 13.0. The van der Waals surface area contributed by atoms with Crippen molar-refractivity contribution in [2.45, 2.75) is 23.8 Å². The summed E-state index contributed by atoms with van der Waals surface area (Å²) in [5, 5.41) is 9.27. The fourth-order valence-corrected chi connectivity index (χ4v) is 6.31. The highest BCUT2D eigenvalue weighted by Crippen LogP contribution is 2.36.